The molecule has 0 N–H and O–H groups in total. The largest absolute Gasteiger partial charge is 0.469 e. The molecule has 0 spiro atoms. The molecule has 0 aromatic heterocycles. The zero-order chi connectivity index (χ0) is 9.40. The second-order valence-corrected chi connectivity index (χ2v) is 2.27. The molecule has 0 aliphatic rings. The summed E-state index contributed by atoms with van der Waals surface area (Å²) >= 11 is 0. The molecule has 0 rings (SSSR count). The van der Waals surface area contributed by atoms with Gasteiger partial charge in [-0.2, -0.15) is 0 Å². The van der Waals surface area contributed by atoms with Gasteiger partial charge in [0.05, 0.1) is 13.0 Å². The quantitative estimate of drug-likeness (QED) is 0.355. The van der Waals surface area contributed by atoms with Crippen molar-refractivity contribution in [3.8, 4) is 0 Å². The molecule has 0 aliphatic heterocycles. The van der Waals surface area contributed by atoms with E-state index < -0.39 is 0 Å². The van der Waals surface area contributed by atoms with Crippen LogP contribution in [-0.4, -0.2) is 13.1 Å². The highest BCUT2D eigenvalue weighted by molar-refractivity contribution is 5.74. The molecule has 0 heterocycles. The van der Waals surface area contributed by atoms with E-state index in [1.54, 1.807) is 24.3 Å². The van der Waals surface area contributed by atoms with Crippen molar-refractivity contribution in [1.82, 2.24) is 0 Å². The van der Waals surface area contributed by atoms with Crippen LogP contribution >= 0.6 is 0 Å². The standard InChI is InChI=1S/C10H14O2/c1-4-6-8-9(7-5-2)10(11)12-3/h4-6,8-9H,1-2,7H2,3H3/b8-6+. The van der Waals surface area contributed by atoms with Gasteiger partial charge in [0.1, 0.15) is 0 Å². The first-order valence-corrected chi connectivity index (χ1v) is 3.74. The van der Waals surface area contributed by atoms with E-state index in [-0.39, 0.29) is 11.9 Å². The van der Waals surface area contributed by atoms with Crippen molar-refractivity contribution in [2.45, 2.75) is 6.42 Å². The van der Waals surface area contributed by atoms with Crippen LogP contribution in [0.2, 0.25) is 0 Å². The molecule has 1 atom stereocenters. The minimum absolute atomic E-state index is 0.231. The molecule has 0 radical (unpaired) electrons. The fourth-order valence-electron chi connectivity index (χ4n) is 0.797. The normalized spacial score (nSPS) is 12.4. The Morgan fingerprint density at radius 1 is 1.58 bits per heavy atom. The molecule has 0 saturated heterocycles. The second kappa shape index (κ2) is 6.40. The number of rotatable bonds is 5. The zero-order valence-electron chi connectivity index (χ0n) is 7.32. The Morgan fingerprint density at radius 3 is 2.67 bits per heavy atom. The fraction of sp³-hybridized carbons (Fsp3) is 0.300. The lowest BCUT2D eigenvalue weighted by Gasteiger charge is -2.06. The number of carbonyl (C=O) groups is 1. The van der Waals surface area contributed by atoms with Gasteiger partial charge in [0.15, 0.2) is 0 Å². The minimum Gasteiger partial charge on any atom is -0.469 e. The van der Waals surface area contributed by atoms with Gasteiger partial charge in [0.25, 0.3) is 0 Å². The average molecular weight is 166 g/mol. The molecule has 0 fully saturated rings. The Bertz CT molecular complexity index is 192. The van der Waals surface area contributed by atoms with Gasteiger partial charge in [-0.05, 0) is 6.42 Å². The molecule has 66 valence electrons. The summed E-state index contributed by atoms with van der Waals surface area (Å²) in [6.45, 7) is 7.07. The number of methoxy groups -OCH3 is 1. The predicted octanol–water partition coefficient (Wildman–Crippen LogP) is 2.09. The minimum atomic E-state index is -0.243. The van der Waals surface area contributed by atoms with Gasteiger partial charge in [-0.25, -0.2) is 0 Å². The van der Waals surface area contributed by atoms with Crippen LogP contribution in [0.3, 0.4) is 0 Å². The summed E-state index contributed by atoms with van der Waals surface area (Å²) in [4.78, 5) is 11.1. The average Bonchev–Trinajstić information content (AvgIpc) is 2.11. The van der Waals surface area contributed by atoms with Gasteiger partial charge >= 0.3 is 5.97 Å². The Hall–Kier alpha value is -1.31. The summed E-state index contributed by atoms with van der Waals surface area (Å²) in [5.41, 5.74) is 0. The van der Waals surface area contributed by atoms with Gasteiger partial charge in [-0.15, -0.1) is 6.58 Å². The fourth-order valence-corrected chi connectivity index (χ4v) is 0.797. The smallest absolute Gasteiger partial charge is 0.312 e. The number of ether oxygens (including phenoxy) is 1. The SMILES string of the molecule is C=C/C=C/C(CC=C)C(=O)OC. The number of allylic oxidation sites excluding steroid dienone is 3. The zero-order valence-corrected chi connectivity index (χ0v) is 7.32. The van der Waals surface area contributed by atoms with E-state index in [9.17, 15) is 4.79 Å². The molecule has 0 aliphatic carbocycles. The number of hydrogen-bond donors (Lipinski definition) is 0. The van der Waals surface area contributed by atoms with E-state index in [2.05, 4.69) is 17.9 Å². The van der Waals surface area contributed by atoms with Crippen LogP contribution < -0.4 is 0 Å². The molecule has 0 saturated carbocycles. The number of esters is 1. The van der Waals surface area contributed by atoms with Gasteiger partial charge < -0.3 is 4.74 Å². The maximum atomic E-state index is 11.1. The van der Waals surface area contributed by atoms with Gasteiger partial charge in [0, 0.05) is 0 Å². The summed E-state index contributed by atoms with van der Waals surface area (Å²) in [6, 6.07) is 0. The number of carbonyl (C=O) groups excluding carboxylic acids is 1. The second-order valence-electron chi connectivity index (χ2n) is 2.27. The number of hydrogen-bond acceptors (Lipinski definition) is 2. The summed E-state index contributed by atoms with van der Waals surface area (Å²) in [5.74, 6) is -0.474. The molecule has 0 aromatic carbocycles. The van der Waals surface area contributed by atoms with Crippen LogP contribution in [0, 0.1) is 5.92 Å². The molecular weight excluding hydrogens is 152 g/mol. The molecule has 2 heteroatoms. The lowest BCUT2D eigenvalue weighted by Crippen LogP contribution is -2.12. The summed E-state index contributed by atoms with van der Waals surface area (Å²) < 4.78 is 4.59. The van der Waals surface area contributed by atoms with E-state index in [0.29, 0.717) is 6.42 Å². The van der Waals surface area contributed by atoms with E-state index in [1.807, 2.05) is 0 Å². The van der Waals surface area contributed by atoms with E-state index >= 15 is 0 Å². The Morgan fingerprint density at radius 2 is 2.25 bits per heavy atom. The van der Waals surface area contributed by atoms with Crippen molar-refractivity contribution >= 4 is 5.97 Å². The molecule has 2 nitrogen and oxygen atoms in total. The van der Waals surface area contributed by atoms with Gasteiger partial charge in [-0.1, -0.05) is 30.9 Å². The van der Waals surface area contributed by atoms with Crippen molar-refractivity contribution in [3.63, 3.8) is 0 Å². The van der Waals surface area contributed by atoms with Crippen LogP contribution in [0.5, 0.6) is 0 Å². The highest BCUT2D eigenvalue weighted by Crippen LogP contribution is 2.07. The van der Waals surface area contributed by atoms with Gasteiger partial charge in [-0.3, -0.25) is 4.79 Å². The summed E-state index contributed by atoms with van der Waals surface area (Å²) in [5, 5.41) is 0. The van der Waals surface area contributed by atoms with Crippen LogP contribution in [0.1, 0.15) is 6.42 Å². The Kier molecular flexibility index (Phi) is 5.70. The van der Waals surface area contributed by atoms with Gasteiger partial charge in [0.2, 0.25) is 0 Å². The summed E-state index contributed by atoms with van der Waals surface area (Å²) in [6.07, 6.45) is 7.39. The van der Waals surface area contributed by atoms with E-state index in [4.69, 9.17) is 0 Å². The maximum absolute atomic E-state index is 11.1. The Labute approximate surface area is 73.2 Å². The highest BCUT2D eigenvalue weighted by atomic mass is 16.5. The van der Waals surface area contributed by atoms with Crippen LogP contribution in [0.15, 0.2) is 37.5 Å². The third-order valence-electron chi connectivity index (χ3n) is 1.40. The molecule has 0 amide bonds. The summed E-state index contributed by atoms with van der Waals surface area (Å²) in [7, 11) is 1.38. The van der Waals surface area contributed by atoms with Crippen molar-refractivity contribution in [2.24, 2.45) is 5.92 Å². The van der Waals surface area contributed by atoms with Crippen LogP contribution in [0.25, 0.3) is 0 Å². The lowest BCUT2D eigenvalue weighted by molar-refractivity contribution is -0.143. The molecule has 0 aromatic rings. The topological polar surface area (TPSA) is 26.3 Å². The maximum Gasteiger partial charge on any atom is 0.312 e. The van der Waals surface area contributed by atoms with E-state index in [0.717, 1.165) is 0 Å². The van der Waals surface area contributed by atoms with Crippen molar-refractivity contribution in [3.05, 3.63) is 37.5 Å². The third kappa shape index (κ3) is 3.76. The molecular formula is C10H14O2. The van der Waals surface area contributed by atoms with Crippen molar-refractivity contribution < 1.29 is 9.53 Å². The lowest BCUT2D eigenvalue weighted by atomic mass is 10.1. The predicted molar refractivity (Wildman–Crippen MR) is 49.7 cm³/mol. The molecule has 1 unspecified atom stereocenters. The monoisotopic (exact) mass is 166 g/mol. The third-order valence-corrected chi connectivity index (χ3v) is 1.40. The van der Waals surface area contributed by atoms with Crippen LogP contribution in [0.4, 0.5) is 0 Å². The van der Waals surface area contributed by atoms with E-state index in [1.165, 1.54) is 7.11 Å². The first-order chi connectivity index (χ1) is 5.76. The first-order valence-electron chi connectivity index (χ1n) is 3.74. The molecule has 0 bridgehead atoms. The Balaban J connectivity index is 4.20. The van der Waals surface area contributed by atoms with Crippen molar-refractivity contribution in [1.29, 1.82) is 0 Å². The highest BCUT2D eigenvalue weighted by Gasteiger charge is 2.12. The molecule has 12 heavy (non-hydrogen) atoms. The first kappa shape index (κ1) is 10.7. The van der Waals surface area contributed by atoms with Crippen molar-refractivity contribution in [2.75, 3.05) is 7.11 Å². The van der Waals surface area contributed by atoms with Crippen LogP contribution in [-0.2, 0) is 9.53 Å².